The number of primary sulfonamides is 1. The number of nitrogens with one attached hydrogen (secondary N) is 1. The van der Waals surface area contributed by atoms with Crippen molar-refractivity contribution < 1.29 is 8.42 Å². The molecule has 126 valence electrons. The number of aromatic nitrogens is 3. The van der Waals surface area contributed by atoms with E-state index >= 15 is 0 Å². The Balaban J connectivity index is 1.78. The first kappa shape index (κ1) is 15.9. The second-order valence-corrected chi connectivity index (χ2v) is 8.24. The number of aryl methyl sites for hydroxylation is 1. The average Bonchev–Trinajstić information content (AvgIpc) is 2.95. The molecule has 0 saturated heterocycles. The summed E-state index contributed by atoms with van der Waals surface area (Å²) in [4.78, 5) is 13.4. The fourth-order valence-corrected chi connectivity index (χ4v) is 4.01. The molecule has 0 aliphatic carbocycles. The SMILES string of the molecule is Cc1nc2ccc3cnc(Nc4cccc(S(N)(=O)=O)c4)nc3c2s1. The minimum atomic E-state index is -3.77. The van der Waals surface area contributed by atoms with Gasteiger partial charge in [0.2, 0.25) is 16.0 Å². The lowest BCUT2D eigenvalue weighted by Crippen LogP contribution is -2.12. The molecule has 25 heavy (non-hydrogen) atoms. The smallest absolute Gasteiger partial charge is 0.238 e. The molecular formula is C16H13N5O2S2. The predicted octanol–water partition coefficient (Wildman–Crippen LogP) is 2.94. The molecule has 9 heteroatoms. The van der Waals surface area contributed by atoms with E-state index in [0.29, 0.717) is 11.6 Å². The molecule has 0 unspecified atom stereocenters. The first-order chi connectivity index (χ1) is 11.9. The number of nitrogens with zero attached hydrogens (tertiary/aromatic N) is 3. The van der Waals surface area contributed by atoms with E-state index in [2.05, 4.69) is 20.3 Å². The molecule has 7 nitrogen and oxygen atoms in total. The number of thiazole rings is 1. The Kier molecular flexibility index (Phi) is 3.64. The number of hydrogen-bond donors (Lipinski definition) is 2. The zero-order chi connectivity index (χ0) is 17.6. The van der Waals surface area contributed by atoms with Crippen LogP contribution in [0.15, 0.2) is 47.5 Å². The topological polar surface area (TPSA) is 111 Å². The van der Waals surface area contributed by atoms with Gasteiger partial charge < -0.3 is 5.32 Å². The highest BCUT2D eigenvalue weighted by atomic mass is 32.2. The van der Waals surface area contributed by atoms with Crippen LogP contribution in [-0.2, 0) is 10.0 Å². The third-order valence-electron chi connectivity index (χ3n) is 3.63. The van der Waals surface area contributed by atoms with E-state index in [1.807, 2.05) is 19.1 Å². The fourth-order valence-electron chi connectivity index (χ4n) is 2.53. The number of nitrogens with two attached hydrogens (primary N) is 1. The van der Waals surface area contributed by atoms with Crippen LogP contribution >= 0.6 is 11.3 Å². The summed E-state index contributed by atoms with van der Waals surface area (Å²) in [5.74, 6) is 0.373. The molecule has 0 bridgehead atoms. The summed E-state index contributed by atoms with van der Waals surface area (Å²) in [6.07, 6.45) is 1.72. The molecule has 0 atom stereocenters. The molecule has 2 aromatic carbocycles. The predicted molar refractivity (Wildman–Crippen MR) is 98.6 cm³/mol. The van der Waals surface area contributed by atoms with E-state index in [1.165, 1.54) is 12.1 Å². The van der Waals surface area contributed by atoms with E-state index in [0.717, 1.165) is 26.1 Å². The van der Waals surface area contributed by atoms with Crippen molar-refractivity contribution >= 4 is 54.1 Å². The average molecular weight is 371 g/mol. The standard InChI is InChI=1S/C16H13N5O2S2/c1-9-19-13-6-5-10-8-18-16(21-14(10)15(13)24-9)20-11-3-2-4-12(7-11)25(17,22)23/h2-8H,1H3,(H2,17,22,23)(H,18,20,21). The molecule has 3 N–H and O–H groups in total. The van der Waals surface area contributed by atoms with Gasteiger partial charge in [0, 0.05) is 17.3 Å². The molecule has 0 saturated carbocycles. The van der Waals surface area contributed by atoms with Gasteiger partial charge in [-0.2, -0.15) is 0 Å². The lowest BCUT2D eigenvalue weighted by atomic mass is 10.2. The van der Waals surface area contributed by atoms with Crippen molar-refractivity contribution in [3.63, 3.8) is 0 Å². The molecule has 0 aliphatic rings. The molecule has 0 amide bonds. The summed E-state index contributed by atoms with van der Waals surface area (Å²) < 4.78 is 23.9. The number of fused-ring (bicyclic) bond motifs is 3. The van der Waals surface area contributed by atoms with Crippen LogP contribution in [0.1, 0.15) is 5.01 Å². The molecule has 0 spiro atoms. The molecule has 4 aromatic rings. The lowest BCUT2D eigenvalue weighted by Gasteiger charge is -2.07. The molecule has 0 fully saturated rings. The van der Waals surface area contributed by atoms with Crippen molar-refractivity contribution in [1.82, 2.24) is 15.0 Å². The second kappa shape index (κ2) is 5.73. The van der Waals surface area contributed by atoms with Gasteiger partial charge in [-0.3, -0.25) is 0 Å². The van der Waals surface area contributed by atoms with Gasteiger partial charge in [0.15, 0.2) is 0 Å². The monoisotopic (exact) mass is 371 g/mol. The summed E-state index contributed by atoms with van der Waals surface area (Å²) >= 11 is 1.58. The Morgan fingerprint density at radius 3 is 2.80 bits per heavy atom. The number of hydrogen-bond acceptors (Lipinski definition) is 7. The van der Waals surface area contributed by atoms with Crippen molar-refractivity contribution in [2.45, 2.75) is 11.8 Å². The number of sulfonamides is 1. The van der Waals surface area contributed by atoms with Gasteiger partial charge in [-0.1, -0.05) is 6.07 Å². The Bertz CT molecular complexity index is 1220. The third-order valence-corrected chi connectivity index (χ3v) is 5.54. The Morgan fingerprint density at radius 2 is 2.00 bits per heavy atom. The van der Waals surface area contributed by atoms with Crippen molar-refractivity contribution in [2.75, 3.05) is 5.32 Å². The van der Waals surface area contributed by atoms with Crippen LogP contribution in [0.25, 0.3) is 21.1 Å². The third kappa shape index (κ3) is 3.04. The first-order valence-corrected chi connectivity index (χ1v) is 9.69. The van der Waals surface area contributed by atoms with Crippen LogP contribution in [0.2, 0.25) is 0 Å². The summed E-state index contributed by atoms with van der Waals surface area (Å²) in [5.41, 5.74) is 2.25. The van der Waals surface area contributed by atoms with E-state index in [-0.39, 0.29) is 4.90 Å². The zero-order valence-electron chi connectivity index (χ0n) is 13.1. The van der Waals surface area contributed by atoms with E-state index in [9.17, 15) is 8.42 Å². The summed E-state index contributed by atoms with van der Waals surface area (Å²) in [6, 6.07) is 10.1. The minimum absolute atomic E-state index is 0.0266. The van der Waals surface area contributed by atoms with Gasteiger partial charge in [0.1, 0.15) is 0 Å². The van der Waals surface area contributed by atoms with Crippen LogP contribution in [0.5, 0.6) is 0 Å². The van der Waals surface area contributed by atoms with Crippen molar-refractivity contribution in [1.29, 1.82) is 0 Å². The first-order valence-electron chi connectivity index (χ1n) is 7.33. The summed E-state index contributed by atoms with van der Waals surface area (Å²) in [6.45, 7) is 1.95. The maximum absolute atomic E-state index is 11.5. The second-order valence-electron chi connectivity index (χ2n) is 5.48. The highest BCUT2D eigenvalue weighted by Gasteiger charge is 2.11. The van der Waals surface area contributed by atoms with Gasteiger partial charge in [-0.05, 0) is 37.3 Å². The molecule has 0 aliphatic heterocycles. The lowest BCUT2D eigenvalue weighted by molar-refractivity contribution is 0.598. The molecule has 2 heterocycles. The quantitative estimate of drug-likeness (QED) is 0.573. The van der Waals surface area contributed by atoms with Gasteiger partial charge in [0.25, 0.3) is 0 Å². The van der Waals surface area contributed by atoms with E-state index < -0.39 is 10.0 Å². The van der Waals surface area contributed by atoms with Crippen LogP contribution in [0.3, 0.4) is 0 Å². The van der Waals surface area contributed by atoms with Crippen LogP contribution < -0.4 is 10.5 Å². The van der Waals surface area contributed by atoms with E-state index in [4.69, 9.17) is 5.14 Å². The van der Waals surface area contributed by atoms with Crippen LogP contribution in [0, 0.1) is 6.92 Å². The molecule has 0 radical (unpaired) electrons. The van der Waals surface area contributed by atoms with Gasteiger partial charge in [-0.25, -0.2) is 28.5 Å². The Hall–Kier alpha value is -2.62. The largest absolute Gasteiger partial charge is 0.324 e. The van der Waals surface area contributed by atoms with E-state index in [1.54, 1.807) is 29.7 Å². The van der Waals surface area contributed by atoms with Crippen molar-refractivity contribution in [3.8, 4) is 0 Å². The summed E-state index contributed by atoms with van der Waals surface area (Å²) in [7, 11) is -3.77. The fraction of sp³-hybridized carbons (Fsp3) is 0.0625. The van der Waals surface area contributed by atoms with Gasteiger partial charge in [0.05, 0.1) is 25.6 Å². The maximum Gasteiger partial charge on any atom is 0.238 e. The normalized spacial score (nSPS) is 11.9. The molecule has 2 aromatic heterocycles. The molecule has 4 rings (SSSR count). The number of rotatable bonds is 3. The van der Waals surface area contributed by atoms with Crippen molar-refractivity contribution in [3.05, 3.63) is 47.6 Å². The van der Waals surface area contributed by atoms with Gasteiger partial charge >= 0.3 is 0 Å². The Labute approximate surface area is 147 Å². The van der Waals surface area contributed by atoms with Crippen molar-refractivity contribution in [2.24, 2.45) is 5.14 Å². The minimum Gasteiger partial charge on any atom is -0.324 e. The zero-order valence-corrected chi connectivity index (χ0v) is 14.7. The maximum atomic E-state index is 11.5. The number of benzene rings is 2. The van der Waals surface area contributed by atoms with Crippen LogP contribution in [-0.4, -0.2) is 23.4 Å². The van der Waals surface area contributed by atoms with Crippen LogP contribution in [0.4, 0.5) is 11.6 Å². The van der Waals surface area contributed by atoms with Gasteiger partial charge in [-0.15, -0.1) is 11.3 Å². The highest BCUT2D eigenvalue weighted by Crippen LogP contribution is 2.29. The Morgan fingerprint density at radius 1 is 1.16 bits per heavy atom. The summed E-state index contributed by atoms with van der Waals surface area (Å²) in [5, 5.41) is 10.1. The molecular weight excluding hydrogens is 358 g/mol. The number of anilines is 2. The highest BCUT2D eigenvalue weighted by molar-refractivity contribution is 7.89.